The van der Waals surface area contributed by atoms with Gasteiger partial charge in [0.05, 0.1) is 31.7 Å². The molecule has 1 aromatic heterocycles. The molecule has 0 saturated carbocycles. The van der Waals surface area contributed by atoms with Crippen molar-refractivity contribution in [2.24, 2.45) is 0 Å². The number of hydrogen-bond acceptors (Lipinski definition) is 6. The van der Waals surface area contributed by atoms with Crippen LogP contribution in [-0.4, -0.2) is 39.5 Å². The second-order valence-corrected chi connectivity index (χ2v) is 9.05. The van der Waals surface area contributed by atoms with Crippen molar-refractivity contribution in [1.82, 2.24) is 9.88 Å². The van der Waals surface area contributed by atoms with Crippen molar-refractivity contribution in [2.45, 2.75) is 45.9 Å². The molecule has 1 atom stereocenters. The molecule has 38 heavy (non-hydrogen) atoms. The fraction of sp³-hybridized carbons (Fsp3) is 0.296. The highest BCUT2D eigenvalue weighted by atomic mass is 35.5. The van der Waals surface area contributed by atoms with Crippen LogP contribution in [0, 0.1) is 0 Å². The van der Waals surface area contributed by atoms with Gasteiger partial charge in [-0.25, -0.2) is 4.79 Å². The second-order valence-electron chi connectivity index (χ2n) is 8.65. The maximum atomic E-state index is 13.2. The zero-order chi connectivity index (χ0) is 27.8. The van der Waals surface area contributed by atoms with E-state index in [1.54, 1.807) is 42.5 Å². The van der Waals surface area contributed by atoms with E-state index in [1.165, 1.54) is 16.8 Å². The fourth-order valence-corrected chi connectivity index (χ4v) is 4.00. The van der Waals surface area contributed by atoms with Gasteiger partial charge in [-0.2, -0.15) is 0 Å². The Bertz CT molecular complexity index is 1360. The molecule has 0 spiro atoms. The van der Waals surface area contributed by atoms with E-state index in [0.29, 0.717) is 34.3 Å². The Morgan fingerprint density at radius 2 is 1.87 bits per heavy atom. The number of rotatable bonds is 11. The molecule has 4 N–H and O–H groups in total. The summed E-state index contributed by atoms with van der Waals surface area (Å²) in [6, 6.07) is 11.3. The summed E-state index contributed by atoms with van der Waals surface area (Å²) >= 11 is 6.34. The number of aromatic nitrogens is 1. The molecule has 11 heteroatoms. The minimum absolute atomic E-state index is 0.0225. The van der Waals surface area contributed by atoms with Crippen LogP contribution < -0.4 is 25.7 Å². The Morgan fingerprint density at radius 3 is 2.55 bits per heavy atom. The number of aliphatic carboxylic acids is 1. The van der Waals surface area contributed by atoms with Crippen molar-refractivity contribution in [2.75, 3.05) is 11.9 Å². The molecule has 2 aromatic carbocycles. The van der Waals surface area contributed by atoms with Crippen molar-refractivity contribution >= 4 is 29.3 Å². The zero-order valence-electron chi connectivity index (χ0n) is 21.2. The topological polar surface area (TPSA) is 139 Å². The van der Waals surface area contributed by atoms with Gasteiger partial charge in [0, 0.05) is 16.8 Å². The van der Waals surface area contributed by atoms with E-state index >= 15 is 0 Å². The number of ether oxygens (including phenoxy) is 2. The number of carbonyl (C=O) groups excluding carboxylic acids is 1. The molecule has 0 aliphatic carbocycles. The maximum Gasteiger partial charge on any atom is 0.319 e. The number of urea groups is 1. The number of nitrogens with one attached hydrogen (secondary N) is 2. The molecule has 0 aliphatic heterocycles. The van der Waals surface area contributed by atoms with Crippen molar-refractivity contribution < 1.29 is 29.3 Å². The first-order chi connectivity index (χ1) is 18.1. The number of anilines is 1. The Hall–Kier alpha value is -4.18. The van der Waals surface area contributed by atoms with Gasteiger partial charge in [-0.3, -0.25) is 9.59 Å². The van der Waals surface area contributed by atoms with E-state index in [0.717, 1.165) is 0 Å². The van der Waals surface area contributed by atoms with Gasteiger partial charge in [0.15, 0.2) is 5.69 Å². The highest BCUT2D eigenvalue weighted by Gasteiger charge is 2.21. The standard InChI is InChI=1S/C27H30ClN3O7/c1-4-37-23-10-6-9-20(28)19(23)15-31-12-11-22(32)25(26(31)35)30-27(36)29-21(14-24(33)34)17-7-5-8-18(13-17)38-16(2)3/h5-13,16,21,32H,4,14-15H2,1-3H3,(H,33,34)(H2,29,30,36)/t21-/m0/s1. The smallest absolute Gasteiger partial charge is 0.319 e. The average Bonchev–Trinajstić information content (AvgIpc) is 2.84. The summed E-state index contributed by atoms with van der Waals surface area (Å²) in [6.07, 6.45) is 0.849. The predicted octanol–water partition coefficient (Wildman–Crippen LogP) is 4.78. The fourth-order valence-electron chi connectivity index (χ4n) is 3.77. The molecule has 3 rings (SSSR count). The molecule has 2 amide bonds. The molecule has 0 bridgehead atoms. The molecule has 0 aliphatic rings. The maximum absolute atomic E-state index is 13.2. The number of benzene rings is 2. The number of carboxylic acid groups (broad SMARTS) is 1. The summed E-state index contributed by atoms with van der Waals surface area (Å²) in [5.74, 6) is -0.565. The lowest BCUT2D eigenvalue weighted by Gasteiger charge is -2.20. The van der Waals surface area contributed by atoms with E-state index in [4.69, 9.17) is 21.1 Å². The van der Waals surface area contributed by atoms with Gasteiger partial charge < -0.3 is 34.9 Å². The Labute approximate surface area is 224 Å². The quantitative estimate of drug-likeness (QED) is 0.273. The second kappa shape index (κ2) is 12.9. The molecule has 10 nitrogen and oxygen atoms in total. The first kappa shape index (κ1) is 28.4. The number of amides is 2. The largest absolute Gasteiger partial charge is 0.505 e. The van der Waals surface area contributed by atoms with Gasteiger partial charge in [0.25, 0.3) is 5.56 Å². The number of carbonyl (C=O) groups is 2. The van der Waals surface area contributed by atoms with Crippen molar-refractivity contribution in [1.29, 1.82) is 0 Å². The zero-order valence-corrected chi connectivity index (χ0v) is 22.0. The molecular formula is C27H30ClN3O7. The summed E-state index contributed by atoms with van der Waals surface area (Å²) in [5.41, 5.74) is -0.00703. The highest BCUT2D eigenvalue weighted by molar-refractivity contribution is 6.31. The van der Waals surface area contributed by atoms with Gasteiger partial charge in [-0.1, -0.05) is 29.8 Å². The predicted molar refractivity (Wildman–Crippen MR) is 143 cm³/mol. The van der Waals surface area contributed by atoms with Crippen LogP contribution in [0.15, 0.2) is 59.5 Å². The van der Waals surface area contributed by atoms with Crippen molar-refractivity contribution in [3.8, 4) is 17.2 Å². The summed E-state index contributed by atoms with van der Waals surface area (Å²) in [7, 11) is 0. The Balaban J connectivity index is 1.85. The third-order valence-electron chi connectivity index (χ3n) is 5.40. The number of hydrogen-bond donors (Lipinski definition) is 4. The SMILES string of the molecule is CCOc1cccc(Cl)c1Cn1ccc(O)c(NC(=O)N[C@@H](CC(=O)O)c2cccc(OC(C)C)c2)c1=O. The van der Waals surface area contributed by atoms with E-state index in [-0.39, 0.29) is 18.3 Å². The normalized spacial score (nSPS) is 11.6. The van der Waals surface area contributed by atoms with Crippen LogP contribution in [0.1, 0.15) is 44.4 Å². The summed E-state index contributed by atoms with van der Waals surface area (Å²) in [4.78, 5) is 37.5. The van der Waals surface area contributed by atoms with Crippen LogP contribution in [0.2, 0.25) is 5.02 Å². The lowest BCUT2D eigenvalue weighted by atomic mass is 10.0. The van der Waals surface area contributed by atoms with Crippen molar-refractivity contribution in [3.63, 3.8) is 0 Å². The van der Waals surface area contributed by atoms with Crippen molar-refractivity contribution in [3.05, 3.63) is 81.2 Å². The Kier molecular flexibility index (Phi) is 9.61. The molecule has 3 aromatic rings. The molecule has 1 heterocycles. The lowest BCUT2D eigenvalue weighted by molar-refractivity contribution is -0.137. The highest BCUT2D eigenvalue weighted by Crippen LogP contribution is 2.28. The van der Waals surface area contributed by atoms with Gasteiger partial charge in [-0.15, -0.1) is 0 Å². The van der Waals surface area contributed by atoms with Crippen LogP contribution in [0.3, 0.4) is 0 Å². The number of nitrogens with zero attached hydrogens (tertiary/aromatic N) is 1. The van der Waals surface area contributed by atoms with E-state index < -0.39 is 35.8 Å². The first-order valence-corrected chi connectivity index (χ1v) is 12.3. The van der Waals surface area contributed by atoms with E-state index in [1.807, 2.05) is 20.8 Å². The van der Waals surface area contributed by atoms with Gasteiger partial charge in [0.1, 0.15) is 17.2 Å². The molecule has 202 valence electrons. The van der Waals surface area contributed by atoms with Gasteiger partial charge in [-0.05, 0) is 56.7 Å². The van der Waals surface area contributed by atoms with Crippen LogP contribution in [0.25, 0.3) is 0 Å². The molecular weight excluding hydrogens is 514 g/mol. The minimum Gasteiger partial charge on any atom is -0.505 e. The number of aromatic hydroxyl groups is 1. The van der Waals surface area contributed by atoms with Crippen LogP contribution in [0.5, 0.6) is 17.2 Å². The third-order valence-corrected chi connectivity index (χ3v) is 5.76. The monoisotopic (exact) mass is 543 g/mol. The lowest BCUT2D eigenvalue weighted by Crippen LogP contribution is -2.36. The molecule has 0 fully saturated rings. The third kappa shape index (κ3) is 7.42. The Morgan fingerprint density at radius 1 is 1.13 bits per heavy atom. The van der Waals surface area contributed by atoms with Crippen LogP contribution in [0.4, 0.5) is 10.5 Å². The van der Waals surface area contributed by atoms with Crippen LogP contribution in [-0.2, 0) is 11.3 Å². The number of halogens is 1. The average molecular weight is 544 g/mol. The van der Waals surface area contributed by atoms with E-state index in [2.05, 4.69) is 10.6 Å². The molecule has 0 saturated heterocycles. The minimum atomic E-state index is -1.14. The number of carboxylic acids is 1. The van der Waals surface area contributed by atoms with Gasteiger partial charge >= 0.3 is 12.0 Å². The molecule has 0 unspecified atom stereocenters. The summed E-state index contributed by atoms with van der Waals surface area (Å²) < 4.78 is 12.5. The number of pyridine rings is 1. The van der Waals surface area contributed by atoms with Gasteiger partial charge in [0.2, 0.25) is 0 Å². The molecule has 0 radical (unpaired) electrons. The van der Waals surface area contributed by atoms with E-state index in [9.17, 15) is 24.6 Å². The summed E-state index contributed by atoms with van der Waals surface area (Å²) in [5, 5.41) is 25.0. The first-order valence-electron chi connectivity index (χ1n) is 12.0. The summed E-state index contributed by atoms with van der Waals surface area (Å²) in [6.45, 7) is 5.96. The van der Waals surface area contributed by atoms with Crippen LogP contribution >= 0.6 is 11.6 Å².